The molecule has 0 amide bonds. The van der Waals surface area contributed by atoms with E-state index in [0.29, 0.717) is 6.61 Å². The third-order valence-electron chi connectivity index (χ3n) is 5.76. The lowest BCUT2D eigenvalue weighted by molar-refractivity contribution is 0.306. The highest BCUT2D eigenvalue weighted by Gasteiger charge is 2.08. The minimum absolute atomic E-state index is 0.0230. The van der Waals surface area contributed by atoms with Crippen molar-refractivity contribution in [1.29, 1.82) is 0 Å². The van der Waals surface area contributed by atoms with Crippen molar-refractivity contribution in [2.24, 2.45) is 14.1 Å². The summed E-state index contributed by atoms with van der Waals surface area (Å²) in [5.41, 5.74) is 5.25. The molecular formula is C26H29N3O3. The Hall–Kier alpha value is -3.51. The minimum Gasteiger partial charge on any atom is -0.496 e. The van der Waals surface area contributed by atoms with Crippen molar-refractivity contribution < 1.29 is 9.47 Å². The fourth-order valence-electron chi connectivity index (χ4n) is 3.88. The SMILES string of the molecule is COc1ccccc1CCNCc1ccc(OCc2ccc3c(c2)n(C)c(=O)n3C)cc1. The Labute approximate surface area is 188 Å². The molecule has 0 unspecified atom stereocenters. The van der Waals surface area contributed by atoms with E-state index in [1.165, 1.54) is 11.1 Å². The zero-order valence-electron chi connectivity index (χ0n) is 18.8. The first-order chi connectivity index (χ1) is 15.6. The second-order valence-electron chi connectivity index (χ2n) is 7.89. The molecule has 4 rings (SSSR count). The molecule has 0 atom stereocenters. The molecule has 0 aliphatic carbocycles. The highest BCUT2D eigenvalue weighted by molar-refractivity contribution is 5.76. The molecule has 6 nitrogen and oxygen atoms in total. The van der Waals surface area contributed by atoms with E-state index in [4.69, 9.17) is 9.47 Å². The molecule has 32 heavy (non-hydrogen) atoms. The van der Waals surface area contributed by atoms with Gasteiger partial charge in [-0.1, -0.05) is 36.4 Å². The van der Waals surface area contributed by atoms with Crippen LogP contribution in [0.25, 0.3) is 11.0 Å². The maximum atomic E-state index is 12.1. The van der Waals surface area contributed by atoms with E-state index in [1.807, 2.05) is 48.5 Å². The van der Waals surface area contributed by atoms with Gasteiger partial charge in [0.2, 0.25) is 0 Å². The number of benzene rings is 3. The van der Waals surface area contributed by atoms with Gasteiger partial charge in [-0.2, -0.15) is 0 Å². The van der Waals surface area contributed by atoms with E-state index in [1.54, 1.807) is 30.3 Å². The Kier molecular flexibility index (Phi) is 6.61. The molecule has 0 aliphatic heterocycles. The summed E-state index contributed by atoms with van der Waals surface area (Å²) in [5, 5.41) is 3.48. The van der Waals surface area contributed by atoms with Crippen LogP contribution in [0.4, 0.5) is 0 Å². The number of aromatic nitrogens is 2. The third-order valence-corrected chi connectivity index (χ3v) is 5.76. The fourth-order valence-corrected chi connectivity index (χ4v) is 3.88. The number of aryl methyl sites for hydroxylation is 2. The largest absolute Gasteiger partial charge is 0.496 e. The summed E-state index contributed by atoms with van der Waals surface area (Å²) in [5.74, 6) is 1.76. The van der Waals surface area contributed by atoms with Gasteiger partial charge in [0, 0.05) is 20.6 Å². The third kappa shape index (κ3) is 4.70. The first kappa shape index (κ1) is 21.7. The number of imidazole rings is 1. The summed E-state index contributed by atoms with van der Waals surface area (Å²) in [6.07, 6.45) is 0.919. The molecule has 0 radical (unpaired) electrons. The summed E-state index contributed by atoms with van der Waals surface area (Å²) >= 11 is 0. The lowest BCUT2D eigenvalue weighted by Gasteiger charge is -2.10. The van der Waals surface area contributed by atoms with Gasteiger partial charge in [0.05, 0.1) is 18.1 Å². The molecule has 0 spiro atoms. The number of ether oxygens (including phenoxy) is 2. The Bertz CT molecular complexity index is 1260. The fraction of sp³-hybridized carbons (Fsp3) is 0.269. The van der Waals surface area contributed by atoms with Gasteiger partial charge >= 0.3 is 5.69 Å². The van der Waals surface area contributed by atoms with Crippen LogP contribution in [0.3, 0.4) is 0 Å². The molecule has 1 N–H and O–H groups in total. The van der Waals surface area contributed by atoms with Crippen LogP contribution >= 0.6 is 0 Å². The molecule has 166 valence electrons. The van der Waals surface area contributed by atoms with Crippen molar-refractivity contribution >= 4 is 11.0 Å². The quantitative estimate of drug-likeness (QED) is 0.410. The lowest BCUT2D eigenvalue weighted by Crippen LogP contribution is -2.19. The van der Waals surface area contributed by atoms with E-state index in [0.717, 1.165) is 47.6 Å². The maximum Gasteiger partial charge on any atom is 0.328 e. The van der Waals surface area contributed by atoms with Gasteiger partial charge in [-0.25, -0.2) is 4.79 Å². The van der Waals surface area contributed by atoms with E-state index >= 15 is 0 Å². The smallest absolute Gasteiger partial charge is 0.328 e. The van der Waals surface area contributed by atoms with Gasteiger partial charge in [0.15, 0.2) is 0 Å². The van der Waals surface area contributed by atoms with E-state index in [-0.39, 0.29) is 5.69 Å². The summed E-state index contributed by atoms with van der Waals surface area (Å²) in [7, 11) is 5.28. The summed E-state index contributed by atoms with van der Waals surface area (Å²) in [4.78, 5) is 12.1. The first-order valence-electron chi connectivity index (χ1n) is 10.8. The molecule has 3 aromatic carbocycles. The predicted molar refractivity (Wildman–Crippen MR) is 127 cm³/mol. The molecule has 0 bridgehead atoms. The first-order valence-corrected chi connectivity index (χ1v) is 10.8. The van der Waals surface area contributed by atoms with Crippen LogP contribution in [0.2, 0.25) is 0 Å². The van der Waals surface area contributed by atoms with Gasteiger partial charge in [-0.15, -0.1) is 0 Å². The van der Waals surface area contributed by atoms with Crippen LogP contribution in [-0.2, 0) is 33.7 Å². The molecule has 4 aromatic rings. The molecule has 1 aromatic heterocycles. The highest BCUT2D eigenvalue weighted by Crippen LogP contribution is 2.19. The Morgan fingerprint density at radius 1 is 0.875 bits per heavy atom. The van der Waals surface area contributed by atoms with Crippen LogP contribution in [0, 0.1) is 0 Å². The number of fused-ring (bicyclic) bond motifs is 1. The number of hydrogen-bond acceptors (Lipinski definition) is 4. The van der Waals surface area contributed by atoms with Crippen LogP contribution < -0.4 is 20.5 Å². The van der Waals surface area contributed by atoms with Crippen molar-refractivity contribution in [1.82, 2.24) is 14.5 Å². The Morgan fingerprint density at radius 2 is 1.59 bits per heavy atom. The van der Waals surface area contributed by atoms with Gasteiger partial charge in [-0.3, -0.25) is 9.13 Å². The number of para-hydroxylation sites is 1. The second-order valence-corrected chi connectivity index (χ2v) is 7.89. The second kappa shape index (κ2) is 9.75. The molecule has 0 fully saturated rings. The van der Waals surface area contributed by atoms with Crippen molar-refractivity contribution in [3.05, 3.63) is 93.9 Å². The normalized spacial score (nSPS) is 11.1. The number of nitrogens with one attached hydrogen (secondary N) is 1. The van der Waals surface area contributed by atoms with Crippen LogP contribution in [0.15, 0.2) is 71.5 Å². The van der Waals surface area contributed by atoms with Crippen molar-refractivity contribution in [2.75, 3.05) is 13.7 Å². The van der Waals surface area contributed by atoms with Gasteiger partial charge in [-0.05, 0) is 60.0 Å². The van der Waals surface area contributed by atoms with E-state index in [2.05, 4.69) is 23.5 Å². The summed E-state index contributed by atoms with van der Waals surface area (Å²) in [6.45, 7) is 2.13. The topological polar surface area (TPSA) is 57.4 Å². The Morgan fingerprint density at radius 3 is 2.38 bits per heavy atom. The van der Waals surface area contributed by atoms with Crippen LogP contribution in [0.5, 0.6) is 11.5 Å². The minimum atomic E-state index is -0.0230. The maximum absolute atomic E-state index is 12.1. The standard InChI is InChI=1S/C26H29N3O3/c1-28-23-13-10-20(16-24(23)29(2)26(28)30)18-32-22-11-8-19(9-12-22)17-27-15-14-21-6-4-5-7-25(21)31-3/h4-13,16,27H,14-15,17-18H2,1-3H3. The Balaban J connectivity index is 1.28. The molecule has 0 saturated carbocycles. The lowest BCUT2D eigenvalue weighted by atomic mass is 10.1. The zero-order chi connectivity index (χ0) is 22.5. The van der Waals surface area contributed by atoms with Crippen molar-refractivity contribution in [3.63, 3.8) is 0 Å². The van der Waals surface area contributed by atoms with Gasteiger partial charge < -0.3 is 14.8 Å². The number of methoxy groups -OCH3 is 1. The summed E-state index contributed by atoms with van der Waals surface area (Å²) in [6, 6.07) is 22.2. The molecular weight excluding hydrogens is 402 g/mol. The average molecular weight is 432 g/mol. The van der Waals surface area contributed by atoms with Crippen LogP contribution in [-0.4, -0.2) is 22.8 Å². The number of rotatable bonds is 9. The van der Waals surface area contributed by atoms with E-state index < -0.39 is 0 Å². The molecule has 0 saturated heterocycles. The number of nitrogens with zero attached hydrogens (tertiary/aromatic N) is 2. The van der Waals surface area contributed by atoms with Crippen LogP contribution in [0.1, 0.15) is 16.7 Å². The van der Waals surface area contributed by atoms with Crippen molar-refractivity contribution in [3.8, 4) is 11.5 Å². The number of hydrogen-bond donors (Lipinski definition) is 1. The predicted octanol–water partition coefficient (Wildman–Crippen LogP) is 3.80. The van der Waals surface area contributed by atoms with E-state index in [9.17, 15) is 4.79 Å². The molecule has 1 heterocycles. The van der Waals surface area contributed by atoms with Gasteiger partial charge in [0.25, 0.3) is 0 Å². The highest BCUT2D eigenvalue weighted by atomic mass is 16.5. The summed E-state index contributed by atoms with van der Waals surface area (Å²) < 4.78 is 14.7. The average Bonchev–Trinajstić information content (AvgIpc) is 3.05. The molecule has 6 heteroatoms. The zero-order valence-corrected chi connectivity index (χ0v) is 18.8. The molecule has 0 aliphatic rings. The monoisotopic (exact) mass is 431 g/mol. The van der Waals surface area contributed by atoms with Gasteiger partial charge in [0.1, 0.15) is 18.1 Å². The van der Waals surface area contributed by atoms with Crippen molar-refractivity contribution in [2.45, 2.75) is 19.6 Å².